The molecule has 0 spiro atoms. The van der Waals surface area contributed by atoms with Gasteiger partial charge in [0.1, 0.15) is 0 Å². The summed E-state index contributed by atoms with van der Waals surface area (Å²) in [4.78, 5) is 0. The first kappa shape index (κ1) is 15.5. The molecule has 94 valence electrons. The Morgan fingerprint density at radius 1 is 0.938 bits per heavy atom. The van der Waals surface area contributed by atoms with E-state index < -0.39 is 0 Å². The van der Waals surface area contributed by atoms with Gasteiger partial charge in [-0.2, -0.15) is 0 Å². The Morgan fingerprint density at radius 3 is 2.06 bits per heavy atom. The molecule has 0 bridgehead atoms. The molecule has 0 saturated heterocycles. The van der Waals surface area contributed by atoms with Crippen molar-refractivity contribution in [1.29, 1.82) is 0 Å². The summed E-state index contributed by atoms with van der Waals surface area (Å²) in [5.41, 5.74) is 0. The molecule has 1 N–H and O–H groups in total. The zero-order valence-corrected chi connectivity index (χ0v) is 10.9. The van der Waals surface area contributed by atoms with Crippen LogP contribution in [-0.2, 0) is 0 Å². The Balaban J connectivity index is 3.11. The van der Waals surface area contributed by atoms with Gasteiger partial charge in [0.15, 0.2) is 0 Å². The summed E-state index contributed by atoms with van der Waals surface area (Å²) in [6.07, 6.45) is 17.7. The molecule has 0 fully saturated rings. The normalized spacial score (nSPS) is 12.3. The zero-order valence-electron chi connectivity index (χ0n) is 10.9. The highest BCUT2D eigenvalue weighted by molar-refractivity contribution is 4.82. The predicted octanol–water partition coefficient (Wildman–Crippen LogP) is 4.29. The molecule has 0 aromatic heterocycles. The fourth-order valence-corrected chi connectivity index (χ4v) is 1.91. The van der Waals surface area contributed by atoms with Crippen LogP contribution in [0.25, 0.3) is 0 Å². The van der Waals surface area contributed by atoms with Crippen molar-refractivity contribution in [3.8, 4) is 12.3 Å². The third kappa shape index (κ3) is 11.6. The third-order valence-corrected chi connectivity index (χ3v) is 3.00. The van der Waals surface area contributed by atoms with E-state index in [-0.39, 0.29) is 6.10 Å². The Labute approximate surface area is 102 Å². The van der Waals surface area contributed by atoms with Crippen molar-refractivity contribution in [2.24, 2.45) is 0 Å². The van der Waals surface area contributed by atoms with Gasteiger partial charge in [-0.25, -0.2) is 0 Å². The maximum Gasteiger partial charge on any atom is 0.0540 e. The van der Waals surface area contributed by atoms with E-state index in [0.717, 1.165) is 32.1 Å². The summed E-state index contributed by atoms with van der Waals surface area (Å²) >= 11 is 0. The molecule has 0 amide bonds. The molecular formula is C15H28O. The van der Waals surface area contributed by atoms with Crippen molar-refractivity contribution in [2.45, 2.75) is 83.7 Å². The highest BCUT2D eigenvalue weighted by atomic mass is 16.3. The summed E-state index contributed by atoms with van der Waals surface area (Å²) in [7, 11) is 0. The Kier molecular flexibility index (Phi) is 12.2. The van der Waals surface area contributed by atoms with E-state index in [1.165, 1.54) is 38.5 Å². The molecule has 0 aliphatic rings. The monoisotopic (exact) mass is 224 g/mol. The van der Waals surface area contributed by atoms with E-state index in [0.29, 0.717) is 0 Å². The van der Waals surface area contributed by atoms with Gasteiger partial charge in [0.2, 0.25) is 0 Å². The molecule has 1 heteroatoms. The Hall–Kier alpha value is -0.480. The molecule has 0 radical (unpaired) electrons. The van der Waals surface area contributed by atoms with E-state index in [4.69, 9.17) is 6.42 Å². The summed E-state index contributed by atoms with van der Waals surface area (Å²) in [5.74, 6) is 2.66. The Bertz CT molecular complexity index is 169. The fraction of sp³-hybridized carbons (Fsp3) is 0.867. The highest BCUT2D eigenvalue weighted by Crippen LogP contribution is 2.12. The first-order valence-corrected chi connectivity index (χ1v) is 6.92. The van der Waals surface area contributed by atoms with Crippen molar-refractivity contribution in [3.63, 3.8) is 0 Å². The molecular weight excluding hydrogens is 196 g/mol. The molecule has 1 unspecified atom stereocenters. The van der Waals surface area contributed by atoms with Gasteiger partial charge in [-0.1, -0.05) is 51.9 Å². The summed E-state index contributed by atoms with van der Waals surface area (Å²) in [5, 5.41) is 9.72. The standard InChI is InChI=1S/C15H28O/c1-3-5-7-9-10-12-14-15(16)13-11-8-6-4-2/h1,15-16H,4-14H2,2H3. The van der Waals surface area contributed by atoms with E-state index in [1.807, 2.05) is 0 Å². The van der Waals surface area contributed by atoms with Crippen LogP contribution in [0.2, 0.25) is 0 Å². The van der Waals surface area contributed by atoms with E-state index in [9.17, 15) is 5.11 Å². The van der Waals surface area contributed by atoms with Crippen molar-refractivity contribution >= 4 is 0 Å². The van der Waals surface area contributed by atoms with Crippen LogP contribution in [0.4, 0.5) is 0 Å². The van der Waals surface area contributed by atoms with Gasteiger partial charge in [0, 0.05) is 6.42 Å². The fourth-order valence-electron chi connectivity index (χ4n) is 1.91. The summed E-state index contributed by atoms with van der Waals surface area (Å²) in [6.45, 7) is 2.21. The van der Waals surface area contributed by atoms with Gasteiger partial charge in [-0.15, -0.1) is 12.3 Å². The smallest absolute Gasteiger partial charge is 0.0540 e. The molecule has 0 aromatic rings. The van der Waals surface area contributed by atoms with Gasteiger partial charge < -0.3 is 5.11 Å². The lowest BCUT2D eigenvalue weighted by Crippen LogP contribution is -2.05. The molecule has 0 aliphatic heterocycles. The van der Waals surface area contributed by atoms with Crippen molar-refractivity contribution < 1.29 is 5.11 Å². The van der Waals surface area contributed by atoms with Crippen molar-refractivity contribution in [2.75, 3.05) is 0 Å². The van der Waals surface area contributed by atoms with Crippen molar-refractivity contribution in [3.05, 3.63) is 0 Å². The lowest BCUT2D eigenvalue weighted by atomic mass is 10.0. The molecule has 16 heavy (non-hydrogen) atoms. The quantitative estimate of drug-likeness (QED) is 0.410. The minimum Gasteiger partial charge on any atom is -0.393 e. The van der Waals surface area contributed by atoms with Crippen LogP contribution in [0.15, 0.2) is 0 Å². The number of aliphatic hydroxyl groups excluding tert-OH is 1. The highest BCUT2D eigenvalue weighted by Gasteiger charge is 2.03. The number of unbranched alkanes of at least 4 members (excludes halogenated alkanes) is 7. The number of hydrogen-bond acceptors (Lipinski definition) is 1. The average molecular weight is 224 g/mol. The largest absolute Gasteiger partial charge is 0.393 e. The topological polar surface area (TPSA) is 20.2 Å². The van der Waals surface area contributed by atoms with E-state index in [2.05, 4.69) is 12.8 Å². The minimum absolute atomic E-state index is 0.0653. The minimum atomic E-state index is -0.0653. The molecule has 0 aliphatic carbocycles. The van der Waals surface area contributed by atoms with E-state index in [1.54, 1.807) is 0 Å². The average Bonchev–Trinajstić information content (AvgIpc) is 2.29. The van der Waals surface area contributed by atoms with E-state index >= 15 is 0 Å². The first-order chi connectivity index (χ1) is 7.81. The van der Waals surface area contributed by atoms with Gasteiger partial charge in [0.05, 0.1) is 6.10 Å². The van der Waals surface area contributed by atoms with Crippen molar-refractivity contribution in [1.82, 2.24) is 0 Å². The lowest BCUT2D eigenvalue weighted by Gasteiger charge is -2.09. The number of aliphatic hydroxyl groups is 1. The van der Waals surface area contributed by atoms with Crippen LogP contribution in [0.1, 0.15) is 77.6 Å². The number of hydrogen-bond donors (Lipinski definition) is 1. The van der Waals surface area contributed by atoms with Crippen LogP contribution >= 0.6 is 0 Å². The number of terminal acetylenes is 1. The lowest BCUT2D eigenvalue weighted by molar-refractivity contribution is 0.147. The van der Waals surface area contributed by atoms with Crippen LogP contribution in [0.5, 0.6) is 0 Å². The molecule has 0 rings (SSSR count). The molecule has 0 heterocycles. The second-order valence-corrected chi connectivity index (χ2v) is 4.66. The summed E-state index contributed by atoms with van der Waals surface area (Å²) in [6, 6.07) is 0. The van der Waals surface area contributed by atoms with Gasteiger partial charge in [0.25, 0.3) is 0 Å². The summed E-state index contributed by atoms with van der Waals surface area (Å²) < 4.78 is 0. The molecule has 1 nitrogen and oxygen atoms in total. The molecule has 0 saturated carbocycles. The van der Waals surface area contributed by atoms with Gasteiger partial charge >= 0.3 is 0 Å². The van der Waals surface area contributed by atoms with Gasteiger partial charge in [-0.3, -0.25) is 0 Å². The Morgan fingerprint density at radius 2 is 1.50 bits per heavy atom. The van der Waals surface area contributed by atoms with Crippen LogP contribution < -0.4 is 0 Å². The maximum absolute atomic E-state index is 9.72. The van der Waals surface area contributed by atoms with Crippen LogP contribution in [0.3, 0.4) is 0 Å². The van der Waals surface area contributed by atoms with Crippen LogP contribution in [0, 0.1) is 12.3 Å². The molecule has 1 atom stereocenters. The second-order valence-electron chi connectivity index (χ2n) is 4.66. The SMILES string of the molecule is C#CCCCCCCC(O)CCCCCC. The predicted molar refractivity (Wildman–Crippen MR) is 71.3 cm³/mol. The molecule has 0 aromatic carbocycles. The third-order valence-electron chi connectivity index (χ3n) is 3.00. The second kappa shape index (κ2) is 12.6. The first-order valence-electron chi connectivity index (χ1n) is 6.92. The van der Waals surface area contributed by atoms with Gasteiger partial charge in [-0.05, 0) is 19.3 Å². The zero-order chi connectivity index (χ0) is 12.1. The maximum atomic E-state index is 9.72. The number of rotatable bonds is 11. The van der Waals surface area contributed by atoms with Crippen LogP contribution in [-0.4, -0.2) is 11.2 Å².